The zero-order valence-corrected chi connectivity index (χ0v) is 24.4. The van der Waals surface area contributed by atoms with Gasteiger partial charge in [0.2, 0.25) is 5.91 Å². The predicted molar refractivity (Wildman–Crippen MR) is 158 cm³/mol. The van der Waals surface area contributed by atoms with E-state index in [-0.39, 0.29) is 47.6 Å². The number of rotatable bonds is 12. The molecule has 1 amide bonds. The summed E-state index contributed by atoms with van der Waals surface area (Å²) in [6, 6.07) is 16.6. The van der Waals surface area contributed by atoms with Crippen molar-refractivity contribution < 1.29 is 33.0 Å². The highest BCUT2D eigenvalue weighted by atomic mass is 19.1. The third-order valence-electron chi connectivity index (χ3n) is 8.52. The molecule has 43 heavy (non-hydrogen) atoms. The smallest absolute Gasteiger partial charge is 0.341 e. The molecule has 228 valence electrons. The van der Waals surface area contributed by atoms with E-state index < -0.39 is 17.6 Å². The first-order chi connectivity index (χ1) is 20.9. The minimum atomic E-state index is -0.841. The van der Waals surface area contributed by atoms with Crippen LogP contribution in [0, 0.1) is 29.4 Å². The van der Waals surface area contributed by atoms with Crippen LogP contribution in [0.1, 0.15) is 47.2 Å². The van der Waals surface area contributed by atoms with Crippen LogP contribution in [0.2, 0.25) is 0 Å². The molecule has 7 nitrogen and oxygen atoms in total. The molecule has 2 atom stereocenters. The van der Waals surface area contributed by atoms with Crippen LogP contribution in [-0.4, -0.2) is 55.3 Å². The van der Waals surface area contributed by atoms with E-state index >= 15 is 0 Å². The van der Waals surface area contributed by atoms with E-state index in [0.29, 0.717) is 24.5 Å². The van der Waals surface area contributed by atoms with E-state index in [1.165, 1.54) is 29.8 Å². The lowest BCUT2D eigenvalue weighted by molar-refractivity contribution is -0.122. The lowest BCUT2D eigenvalue weighted by Crippen LogP contribution is -2.33. The molecule has 0 spiro atoms. The molecule has 1 aliphatic carbocycles. The van der Waals surface area contributed by atoms with Gasteiger partial charge in [-0.1, -0.05) is 36.4 Å². The SMILES string of the molecule is COC(=O)c1c(F)cccc1-c1ccc(CNC(=O)C2CC2COc2ccc(CN3CCC(CCO)CC3)cc2)c(F)c1. The molecule has 0 bridgehead atoms. The summed E-state index contributed by atoms with van der Waals surface area (Å²) in [6.45, 7) is 3.74. The number of nitrogens with zero attached hydrogens (tertiary/aromatic N) is 1. The van der Waals surface area contributed by atoms with Crippen molar-refractivity contribution in [3.63, 3.8) is 0 Å². The minimum absolute atomic E-state index is 0.0165. The highest BCUT2D eigenvalue weighted by molar-refractivity contribution is 5.97. The molecule has 1 aliphatic heterocycles. The van der Waals surface area contributed by atoms with Crippen molar-refractivity contribution in [1.82, 2.24) is 10.2 Å². The number of hydrogen-bond acceptors (Lipinski definition) is 6. The summed E-state index contributed by atoms with van der Waals surface area (Å²) in [4.78, 5) is 27.2. The second-order valence-electron chi connectivity index (χ2n) is 11.5. The van der Waals surface area contributed by atoms with Gasteiger partial charge in [0.15, 0.2) is 0 Å². The van der Waals surface area contributed by atoms with Crippen LogP contribution in [0.15, 0.2) is 60.7 Å². The lowest BCUT2D eigenvalue weighted by Gasteiger charge is -2.31. The molecule has 2 aliphatic rings. The van der Waals surface area contributed by atoms with Gasteiger partial charge in [-0.2, -0.15) is 0 Å². The first-order valence-corrected chi connectivity index (χ1v) is 14.8. The zero-order valence-electron chi connectivity index (χ0n) is 24.4. The Morgan fingerprint density at radius 1 is 1.02 bits per heavy atom. The summed E-state index contributed by atoms with van der Waals surface area (Å²) in [5, 5.41) is 11.9. The molecule has 2 fully saturated rings. The van der Waals surface area contributed by atoms with Gasteiger partial charge in [-0.15, -0.1) is 0 Å². The zero-order chi connectivity index (χ0) is 30.3. The highest BCUT2D eigenvalue weighted by Gasteiger charge is 2.43. The predicted octanol–water partition coefficient (Wildman–Crippen LogP) is 5.34. The summed E-state index contributed by atoms with van der Waals surface area (Å²) < 4.78 is 39.8. The molecule has 2 N–H and O–H groups in total. The van der Waals surface area contributed by atoms with Crippen LogP contribution >= 0.6 is 0 Å². The van der Waals surface area contributed by atoms with Crippen LogP contribution in [0.4, 0.5) is 8.78 Å². The number of aliphatic hydroxyl groups excluding tert-OH is 1. The summed E-state index contributed by atoms with van der Waals surface area (Å²) >= 11 is 0. The number of carbonyl (C=O) groups excluding carboxylic acids is 2. The van der Waals surface area contributed by atoms with Gasteiger partial charge < -0.3 is 19.9 Å². The van der Waals surface area contributed by atoms with Gasteiger partial charge in [0.25, 0.3) is 0 Å². The van der Waals surface area contributed by atoms with Crippen LogP contribution < -0.4 is 10.1 Å². The number of aliphatic hydroxyl groups is 1. The molecule has 0 aromatic heterocycles. The van der Waals surface area contributed by atoms with Crippen LogP contribution in [0.5, 0.6) is 5.75 Å². The van der Waals surface area contributed by atoms with Gasteiger partial charge in [0.05, 0.1) is 13.7 Å². The maximum absolute atomic E-state index is 14.9. The highest BCUT2D eigenvalue weighted by Crippen LogP contribution is 2.39. The van der Waals surface area contributed by atoms with Crippen LogP contribution in [-0.2, 0) is 22.6 Å². The van der Waals surface area contributed by atoms with Crippen molar-refractivity contribution in [2.75, 3.05) is 33.4 Å². The van der Waals surface area contributed by atoms with E-state index in [9.17, 15) is 18.4 Å². The first-order valence-electron chi connectivity index (χ1n) is 14.8. The fraction of sp³-hybridized carbons (Fsp3) is 0.412. The average Bonchev–Trinajstić information content (AvgIpc) is 3.80. The molecule has 3 aromatic rings. The maximum Gasteiger partial charge on any atom is 0.341 e. The summed E-state index contributed by atoms with van der Waals surface area (Å²) in [5.41, 5.74) is 1.83. The monoisotopic (exact) mass is 592 g/mol. The van der Waals surface area contributed by atoms with E-state index in [1.54, 1.807) is 6.07 Å². The van der Waals surface area contributed by atoms with Gasteiger partial charge in [0.1, 0.15) is 22.9 Å². The topological polar surface area (TPSA) is 88.1 Å². The summed E-state index contributed by atoms with van der Waals surface area (Å²) in [6.07, 6.45) is 3.88. The molecule has 5 rings (SSSR count). The molecule has 1 saturated carbocycles. The number of esters is 1. The third-order valence-corrected chi connectivity index (χ3v) is 8.52. The van der Waals surface area contributed by atoms with Gasteiger partial charge >= 0.3 is 5.97 Å². The number of hydrogen-bond donors (Lipinski definition) is 2. The first kappa shape index (κ1) is 30.6. The standard InChI is InChI=1S/C34H38F2N2O5/c1-42-34(41)32-28(3-2-4-30(32)35)24-7-8-25(31(36)18-24)19-37-33(40)29-17-26(29)21-43-27-9-5-23(6-10-27)20-38-14-11-22(12-15-38)13-16-39/h2-10,18,22,26,29,39H,11-17,19-21H2,1H3,(H,37,40). The Kier molecular flexibility index (Phi) is 10.0. The summed E-state index contributed by atoms with van der Waals surface area (Å²) in [5.74, 6) is -0.962. The number of nitrogens with one attached hydrogen (secondary N) is 1. The quantitative estimate of drug-likeness (QED) is 0.276. The van der Waals surface area contributed by atoms with Gasteiger partial charge in [-0.3, -0.25) is 9.69 Å². The van der Waals surface area contributed by atoms with Crippen LogP contribution in [0.25, 0.3) is 11.1 Å². The van der Waals surface area contributed by atoms with Gasteiger partial charge in [-0.25, -0.2) is 13.6 Å². The maximum atomic E-state index is 14.9. The Hall–Kier alpha value is -3.82. The van der Waals surface area contributed by atoms with Crippen molar-refractivity contribution in [2.45, 2.75) is 38.8 Å². The number of piperidine rings is 1. The second-order valence-corrected chi connectivity index (χ2v) is 11.5. The number of benzene rings is 3. The van der Waals surface area contributed by atoms with Gasteiger partial charge in [-0.05, 0) is 85.6 Å². The fourth-order valence-corrected chi connectivity index (χ4v) is 5.77. The fourth-order valence-electron chi connectivity index (χ4n) is 5.77. The Morgan fingerprint density at radius 2 is 1.79 bits per heavy atom. The van der Waals surface area contributed by atoms with Gasteiger partial charge in [0, 0.05) is 37.1 Å². The largest absolute Gasteiger partial charge is 0.493 e. The molecular formula is C34H38F2N2O5. The molecule has 1 saturated heterocycles. The Morgan fingerprint density at radius 3 is 2.49 bits per heavy atom. The van der Waals surface area contributed by atoms with E-state index in [1.807, 2.05) is 12.1 Å². The number of ether oxygens (including phenoxy) is 2. The average molecular weight is 593 g/mol. The van der Waals surface area contributed by atoms with Crippen molar-refractivity contribution in [2.24, 2.45) is 17.8 Å². The Labute approximate surface area is 250 Å². The van der Waals surface area contributed by atoms with Crippen LogP contribution in [0.3, 0.4) is 0 Å². The third kappa shape index (κ3) is 7.77. The normalized spacial score (nSPS) is 18.7. The number of halogens is 2. The van der Waals surface area contributed by atoms with E-state index in [4.69, 9.17) is 9.84 Å². The molecule has 9 heteroatoms. The Balaban J connectivity index is 1.06. The number of methoxy groups -OCH3 is 1. The summed E-state index contributed by atoms with van der Waals surface area (Å²) in [7, 11) is 1.16. The second kappa shape index (κ2) is 14.1. The number of amides is 1. The van der Waals surface area contributed by atoms with Crippen molar-refractivity contribution >= 4 is 11.9 Å². The van der Waals surface area contributed by atoms with Crippen molar-refractivity contribution in [1.29, 1.82) is 0 Å². The number of likely N-dealkylation sites (tertiary alicyclic amines) is 1. The van der Waals surface area contributed by atoms with Crippen molar-refractivity contribution in [3.05, 3.63) is 89.0 Å². The molecular weight excluding hydrogens is 554 g/mol. The Bertz CT molecular complexity index is 1420. The minimum Gasteiger partial charge on any atom is -0.493 e. The van der Waals surface area contributed by atoms with E-state index in [2.05, 4.69) is 27.1 Å². The van der Waals surface area contributed by atoms with E-state index in [0.717, 1.165) is 57.8 Å². The number of carbonyl (C=O) groups is 2. The molecule has 0 radical (unpaired) electrons. The lowest BCUT2D eigenvalue weighted by atomic mass is 9.94. The molecule has 1 heterocycles. The molecule has 3 aromatic carbocycles. The molecule has 2 unspecified atom stereocenters. The van der Waals surface area contributed by atoms with Crippen molar-refractivity contribution in [3.8, 4) is 16.9 Å².